The summed E-state index contributed by atoms with van der Waals surface area (Å²) in [5, 5.41) is 9.11. The van der Waals surface area contributed by atoms with E-state index in [9.17, 15) is 0 Å². The Morgan fingerprint density at radius 1 is 0.727 bits per heavy atom. The van der Waals surface area contributed by atoms with Gasteiger partial charge in [0.05, 0.1) is 0 Å². The molecular formula is C21H20O. The molecule has 0 aromatic heterocycles. The summed E-state index contributed by atoms with van der Waals surface area (Å²) in [6.07, 6.45) is 2.00. The Morgan fingerprint density at radius 3 is 1.73 bits per heavy atom. The third-order valence-electron chi connectivity index (χ3n) is 4.08. The van der Waals surface area contributed by atoms with Crippen molar-refractivity contribution in [3.8, 4) is 16.9 Å². The van der Waals surface area contributed by atoms with Gasteiger partial charge in [-0.05, 0) is 46.7 Å². The molecule has 0 fully saturated rings. The topological polar surface area (TPSA) is 20.2 Å². The van der Waals surface area contributed by atoms with Crippen LogP contribution in [0.25, 0.3) is 11.1 Å². The van der Waals surface area contributed by atoms with Gasteiger partial charge >= 0.3 is 0 Å². The number of hydrogen-bond acceptors (Lipinski definition) is 1. The SMILES string of the molecule is CCc1ccccc1O.c1ccc2c(c1)Cc1ccccc1-2. The van der Waals surface area contributed by atoms with Crippen LogP contribution in [0.2, 0.25) is 0 Å². The van der Waals surface area contributed by atoms with E-state index in [0.717, 1.165) is 18.4 Å². The second kappa shape index (κ2) is 6.48. The van der Waals surface area contributed by atoms with Gasteiger partial charge in [0.15, 0.2) is 0 Å². The van der Waals surface area contributed by atoms with Crippen LogP contribution >= 0.6 is 0 Å². The third-order valence-corrected chi connectivity index (χ3v) is 4.08. The standard InChI is InChI=1S/C13H10.C8H10O/c1-3-7-12-10(5-1)9-11-6-2-4-8-13(11)12;1-2-7-5-3-4-6-8(7)9/h1-8H,9H2;3-6,9H,2H2,1H3. The predicted octanol–water partition coefficient (Wildman–Crippen LogP) is 5.21. The Labute approximate surface area is 131 Å². The molecule has 0 bridgehead atoms. The lowest BCUT2D eigenvalue weighted by Gasteiger charge is -1.98. The van der Waals surface area contributed by atoms with Gasteiger partial charge in [0, 0.05) is 0 Å². The molecule has 0 atom stereocenters. The van der Waals surface area contributed by atoms with Crippen LogP contribution in [0.5, 0.6) is 5.75 Å². The van der Waals surface area contributed by atoms with E-state index in [4.69, 9.17) is 5.11 Å². The minimum atomic E-state index is 0.403. The van der Waals surface area contributed by atoms with Gasteiger partial charge in [-0.15, -0.1) is 0 Å². The monoisotopic (exact) mass is 288 g/mol. The minimum Gasteiger partial charge on any atom is -0.508 e. The first kappa shape index (κ1) is 14.4. The van der Waals surface area contributed by atoms with E-state index >= 15 is 0 Å². The van der Waals surface area contributed by atoms with Crippen molar-refractivity contribution in [1.29, 1.82) is 0 Å². The number of hydrogen-bond donors (Lipinski definition) is 1. The number of rotatable bonds is 1. The van der Waals surface area contributed by atoms with Crippen molar-refractivity contribution in [3.63, 3.8) is 0 Å². The van der Waals surface area contributed by atoms with Gasteiger partial charge in [0.25, 0.3) is 0 Å². The summed E-state index contributed by atoms with van der Waals surface area (Å²) in [4.78, 5) is 0. The molecule has 0 amide bonds. The molecule has 0 saturated carbocycles. The molecular weight excluding hydrogens is 268 g/mol. The maximum atomic E-state index is 9.11. The molecule has 1 N–H and O–H groups in total. The van der Waals surface area contributed by atoms with Gasteiger partial charge in [0.2, 0.25) is 0 Å². The number of phenolic OH excluding ortho intramolecular Hbond substituents is 1. The molecule has 3 aromatic rings. The second-order valence-corrected chi connectivity index (χ2v) is 5.47. The molecule has 0 unspecified atom stereocenters. The lowest BCUT2D eigenvalue weighted by molar-refractivity contribution is 0.469. The molecule has 0 radical (unpaired) electrons. The van der Waals surface area contributed by atoms with E-state index < -0.39 is 0 Å². The summed E-state index contributed by atoms with van der Waals surface area (Å²) in [5.74, 6) is 0.403. The highest BCUT2D eigenvalue weighted by Gasteiger charge is 2.15. The van der Waals surface area contributed by atoms with Crippen molar-refractivity contribution < 1.29 is 5.11 Å². The first-order valence-corrected chi connectivity index (χ1v) is 7.72. The van der Waals surface area contributed by atoms with E-state index in [1.54, 1.807) is 6.07 Å². The predicted molar refractivity (Wildman–Crippen MR) is 92.2 cm³/mol. The fraction of sp³-hybridized carbons (Fsp3) is 0.143. The van der Waals surface area contributed by atoms with Crippen LogP contribution in [-0.2, 0) is 12.8 Å². The van der Waals surface area contributed by atoms with Crippen molar-refractivity contribution in [2.45, 2.75) is 19.8 Å². The fourth-order valence-electron chi connectivity index (χ4n) is 2.89. The average molecular weight is 288 g/mol. The summed E-state index contributed by atoms with van der Waals surface area (Å²) < 4.78 is 0. The zero-order valence-electron chi connectivity index (χ0n) is 12.8. The highest BCUT2D eigenvalue weighted by Crippen LogP contribution is 2.35. The number of fused-ring (bicyclic) bond motifs is 3. The van der Waals surface area contributed by atoms with E-state index in [-0.39, 0.29) is 0 Å². The van der Waals surface area contributed by atoms with Gasteiger partial charge < -0.3 is 5.11 Å². The van der Waals surface area contributed by atoms with Crippen molar-refractivity contribution in [1.82, 2.24) is 0 Å². The molecule has 3 aromatic carbocycles. The van der Waals surface area contributed by atoms with Crippen LogP contribution in [0.3, 0.4) is 0 Å². The summed E-state index contributed by atoms with van der Waals surface area (Å²) in [6.45, 7) is 2.02. The highest BCUT2D eigenvalue weighted by molar-refractivity contribution is 5.76. The molecule has 110 valence electrons. The normalized spacial score (nSPS) is 11.1. The third kappa shape index (κ3) is 2.89. The molecule has 1 nitrogen and oxygen atoms in total. The molecule has 0 heterocycles. The molecule has 4 rings (SSSR count). The minimum absolute atomic E-state index is 0.403. The first-order chi connectivity index (χ1) is 10.8. The Hall–Kier alpha value is -2.54. The van der Waals surface area contributed by atoms with Gasteiger partial charge in [-0.25, -0.2) is 0 Å². The Bertz CT molecular complexity index is 731. The lowest BCUT2D eigenvalue weighted by Crippen LogP contribution is -1.77. The van der Waals surface area contributed by atoms with Gasteiger partial charge in [-0.1, -0.05) is 73.7 Å². The summed E-state index contributed by atoms with van der Waals surface area (Å²) in [5.41, 5.74) is 6.76. The highest BCUT2D eigenvalue weighted by atomic mass is 16.3. The van der Waals surface area contributed by atoms with E-state index in [1.807, 2.05) is 25.1 Å². The molecule has 0 spiro atoms. The van der Waals surface area contributed by atoms with E-state index in [2.05, 4.69) is 48.5 Å². The smallest absolute Gasteiger partial charge is 0.118 e. The average Bonchev–Trinajstić information content (AvgIpc) is 2.95. The number of para-hydroxylation sites is 1. The Balaban J connectivity index is 0.000000142. The molecule has 0 aliphatic heterocycles. The maximum Gasteiger partial charge on any atom is 0.118 e. The van der Waals surface area contributed by atoms with Crippen LogP contribution < -0.4 is 0 Å². The Morgan fingerprint density at radius 2 is 1.23 bits per heavy atom. The summed E-state index contributed by atoms with van der Waals surface area (Å²) in [6, 6.07) is 24.7. The maximum absolute atomic E-state index is 9.11. The molecule has 1 aliphatic carbocycles. The number of phenols is 1. The van der Waals surface area contributed by atoms with Crippen LogP contribution in [-0.4, -0.2) is 5.11 Å². The van der Waals surface area contributed by atoms with Crippen LogP contribution in [0.1, 0.15) is 23.6 Å². The molecule has 22 heavy (non-hydrogen) atoms. The first-order valence-electron chi connectivity index (χ1n) is 7.72. The molecule has 1 aliphatic rings. The number of benzene rings is 3. The zero-order valence-corrected chi connectivity index (χ0v) is 12.8. The van der Waals surface area contributed by atoms with E-state index in [1.165, 1.54) is 22.3 Å². The Kier molecular flexibility index (Phi) is 4.24. The van der Waals surface area contributed by atoms with Crippen molar-refractivity contribution in [3.05, 3.63) is 89.5 Å². The van der Waals surface area contributed by atoms with Crippen molar-refractivity contribution >= 4 is 0 Å². The zero-order chi connectivity index (χ0) is 15.4. The fourth-order valence-corrected chi connectivity index (χ4v) is 2.89. The van der Waals surface area contributed by atoms with Gasteiger partial charge in [0.1, 0.15) is 5.75 Å². The largest absolute Gasteiger partial charge is 0.508 e. The number of aryl methyl sites for hydroxylation is 1. The molecule has 1 heteroatoms. The second-order valence-electron chi connectivity index (χ2n) is 5.47. The van der Waals surface area contributed by atoms with Gasteiger partial charge in [-0.2, -0.15) is 0 Å². The quantitative estimate of drug-likeness (QED) is 0.509. The van der Waals surface area contributed by atoms with Crippen molar-refractivity contribution in [2.24, 2.45) is 0 Å². The van der Waals surface area contributed by atoms with Crippen LogP contribution in [0.15, 0.2) is 72.8 Å². The van der Waals surface area contributed by atoms with Crippen molar-refractivity contribution in [2.75, 3.05) is 0 Å². The molecule has 0 saturated heterocycles. The number of aromatic hydroxyl groups is 1. The lowest BCUT2D eigenvalue weighted by atomic mass is 10.1. The summed E-state index contributed by atoms with van der Waals surface area (Å²) >= 11 is 0. The van der Waals surface area contributed by atoms with E-state index in [0.29, 0.717) is 5.75 Å². The van der Waals surface area contributed by atoms with Crippen LogP contribution in [0, 0.1) is 0 Å². The van der Waals surface area contributed by atoms with Gasteiger partial charge in [-0.3, -0.25) is 0 Å². The van der Waals surface area contributed by atoms with Crippen LogP contribution in [0.4, 0.5) is 0 Å². The summed E-state index contributed by atoms with van der Waals surface area (Å²) in [7, 11) is 0.